The number of fused-ring (bicyclic) bond motifs is 1. The Morgan fingerprint density at radius 2 is 1.93 bits per heavy atom. The topological polar surface area (TPSA) is 82.1 Å². The van der Waals surface area contributed by atoms with E-state index in [4.69, 9.17) is 16.3 Å². The second-order valence-electron chi connectivity index (χ2n) is 14.6. The number of aliphatic carboxylic acids is 1. The summed E-state index contributed by atoms with van der Waals surface area (Å²) in [4.78, 5) is 29.8. The average Bonchev–Trinajstić information content (AvgIpc) is 3.38. The van der Waals surface area contributed by atoms with Crippen LogP contribution < -0.4 is 5.32 Å². The highest BCUT2D eigenvalue weighted by Crippen LogP contribution is 2.48. The molecule has 8 unspecified atom stereocenters. The van der Waals surface area contributed by atoms with E-state index < -0.39 is 11.9 Å². The van der Waals surface area contributed by atoms with Crippen molar-refractivity contribution in [3.8, 4) is 0 Å². The van der Waals surface area contributed by atoms with Crippen LogP contribution in [0, 0.1) is 23.7 Å². The number of ether oxygens (including phenoxy) is 1. The van der Waals surface area contributed by atoms with Crippen molar-refractivity contribution >= 4 is 35.2 Å². The van der Waals surface area contributed by atoms with Crippen molar-refractivity contribution in [2.75, 3.05) is 32.5 Å². The zero-order chi connectivity index (χ0) is 32.6. The maximum absolute atomic E-state index is 13.9. The van der Waals surface area contributed by atoms with Gasteiger partial charge in [-0.2, -0.15) is 11.8 Å². The molecule has 0 aromatic rings. The fourth-order valence-corrected chi connectivity index (χ4v) is 10.8. The predicted octanol–water partition coefficient (Wildman–Crippen LogP) is 6.17. The number of piperidine rings is 1. The van der Waals surface area contributed by atoms with Crippen LogP contribution in [0.3, 0.4) is 0 Å². The first-order valence-electron chi connectivity index (χ1n) is 16.8. The van der Waals surface area contributed by atoms with Gasteiger partial charge in [0, 0.05) is 71.7 Å². The third kappa shape index (κ3) is 8.10. The highest BCUT2D eigenvalue weighted by atomic mass is 35.5. The number of allylic oxidation sites excluding steroid dienone is 2. The number of nitrogens with zero attached hydrogens (tertiary/aromatic N) is 2. The van der Waals surface area contributed by atoms with E-state index in [0.717, 1.165) is 49.7 Å². The van der Waals surface area contributed by atoms with Gasteiger partial charge in [-0.1, -0.05) is 12.2 Å². The molecule has 1 amide bonds. The monoisotopic (exact) mass is 671 g/mol. The van der Waals surface area contributed by atoms with E-state index in [0.29, 0.717) is 43.5 Å². The van der Waals surface area contributed by atoms with Gasteiger partial charge in [0.2, 0.25) is 5.92 Å². The van der Waals surface area contributed by atoms with Gasteiger partial charge in [-0.05, 0) is 90.5 Å². The summed E-state index contributed by atoms with van der Waals surface area (Å²) in [6, 6.07) is 0.342. The number of carboxylic acid groups (broad SMARTS) is 1. The van der Waals surface area contributed by atoms with Crippen molar-refractivity contribution in [3.05, 3.63) is 23.4 Å². The summed E-state index contributed by atoms with van der Waals surface area (Å²) in [6.07, 6.45) is 5.84. The maximum atomic E-state index is 13.9. The summed E-state index contributed by atoms with van der Waals surface area (Å²) in [5.41, 5.74) is 2.58. The predicted molar refractivity (Wildman–Crippen MR) is 176 cm³/mol. The molecule has 0 spiro atoms. The van der Waals surface area contributed by atoms with Gasteiger partial charge in [0.05, 0.1) is 18.6 Å². The SMILES string of the molecule is C=C(C)N(CCOC1CCC(Cl)CC1C1CC(C)NC2C(C(=O)O)CSC12)C(=O)C1=C(C)CC[C@@H](N(C)CC2CC(F)(F)C2)C1. The molecule has 2 heterocycles. The number of carboxylic acids is 1. The molecule has 0 aromatic carbocycles. The molecule has 5 rings (SSSR count). The van der Waals surface area contributed by atoms with E-state index in [-0.39, 0.29) is 71.4 Å². The van der Waals surface area contributed by atoms with Crippen LogP contribution in [0.15, 0.2) is 23.4 Å². The third-order valence-electron chi connectivity index (χ3n) is 11.2. The molecule has 0 bridgehead atoms. The minimum absolute atomic E-state index is 0.00930. The van der Waals surface area contributed by atoms with E-state index in [9.17, 15) is 23.5 Å². The number of alkyl halides is 3. The van der Waals surface area contributed by atoms with Crippen molar-refractivity contribution in [3.63, 3.8) is 0 Å². The van der Waals surface area contributed by atoms with Crippen LogP contribution in [0.2, 0.25) is 0 Å². The number of nitrogens with one attached hydrogen (secondary N) is 1. The lowest BCUT2D eigenvalue weighted by Crippen LogP contribution is -2.57. The number of hydrogen-bond acceptors (Lipinski definition) is 6. The Labute approximate surface area is 276 Å². The number of thioether (sulfide) groups is 1. The molecule has 4 fully saturated rings. The molecule has 7 nitrogen and oxygen atoms in total. The quantitative estimate of drug-likeness (QED) is 0.254. The summed E-state index contributed by atoms with van der Waals surface area (Å²) < 4.78 is 33.4. The first kappa shape index (κ1) is 35.1. The van der Waals surface area contributed by atoms with Gasteiger partial charge in [-0.3, -0.25) is 9.59 Å². The van der Waals surface area contributed by atoms with Crippen LogP contribution >= 0.6 is 23.4 Å². The normalized spacial score (nSPS) is 36.8. The highest BCUT2D eigenvalue weighted by molar-refractivity contribution is 8.00. The van der Waals surface area contributed by atoms with Crippen molar-refractivity contribution in [1.29, 1.82) is 0 Å². The Kier molecular flexibility index (Phi) is 11.3. The van der Waals surface area contributed by atoms with Crippen LogP contribution in [0.25, 0.3) is 0 Å². The second kappa shape index (κ2) is 14.5. The molecular formula is C34H52ClF2N3O4S. The number of halogens is 3. The second-order valence-corrected chi connectivity index (χ2v) is 16.5. The Morgan fingerprint density at radius 1 is 1.20 bits per heavy atom. The number of carbonyl (C=O) groups excluding carboxylic acids is 1. The van der Waals surface area contributed by atoms with Crippen LogP contribution in [0.1, 0.15) is 78.6 Å². The maximum Gasteiger partial charge on any atom is 0.308 e. The number of carbonyl (C=O) groups is 2. The lowest BCUT2D eigenvalue weighted by molar-refractivity contribution is -0.142. The van der Waals surface area contributed by atoms with Gasteiger partial charge in [-0.25, -0.2) is 8.78 Å². The fraction of sp³-hybridized carbons (Fsp3) is 0.824. The zero-order valence-corrected chi connectivity index (χ0v) is 28.9. The van der Waals surface area contributed by atoms with Gasteiger partial charge in [0.15, 0.2) is 0 Å². The van der Waals surface area contributed by atoms with Gasteiger partial charge in [0.25, 0.3) is 5.91 Å². The summed E-state index contributed by atoms with van der Waals surface area (Å²) >= 11 is 8.51. The average molecular weight is 672 g/mol. The summed E-state index contributed by atoms with van der Waals surface area (Å²) in [7, 11) is 2.00. The molecule has 3 aliphatic carbocycles. The first-order valence-corrected chi connectivity index (χ1v) is 18.3. The molecule has 0 radical (unpaired) electrons. The number of rotatable bonds is 11. The van der Waals surface area contributed by atoms with Crippen LogP contribution in [0.5, 0.6) is 0 Å². The summed E-state index contributed by atoms with van der Waals surface area (Å²) in [5, 5.41) is 13.7. The number of hydrogen-bond donors (Lipinski definition) is 2. The van der Waals surface area contributed by atoms with Gasteiger partial charge in [-0.15, -0.1) is 11.6 Å². The lowest BCUT2D eigenvalue weighted by Gasteiger charge is -2.47. The molecule has 45 heavy (non-hydrogen) atoms. The van der Waals surface area contributed by atoms with E-state index in [1.165, 1.54) is 0 Å². The largest absolute Gasteiger partial charge is 0.481 e. The van der Waals surface area contributed by atoms with Crippen LogP contribution in [0.4, 0.5) is 8.78 Å². The molecule has 5 aliphatic rings. The Morgan fingerprint density at radius 3 is 2.60 bits per heavy atom. The summed E-state index contributed by atoms with van der Waals surface area (Å²) in [6.45, 7) is 11.6. The molecule has 9 atom stereocenters. The minimum atomic E-state index is -2.52. The van der Waals surface area contributed by atoms with Crippen molar-refractivity contribution in [1.82, 2.24) is 15.1 Å². The standard InChI is InChI=1S/C34H52ClF2N3O4S/c1-19(2)40(32(41)25-14-24(8-6-20(25)3)39(5)17-22-15-34(36,37)16-22)10-11-44-29-9-7-23(35)13-26(29)27-12-21(4)38-30-28(33(42)43)18-45-31(27)30/h21-24,26-31,38H,1,6-18H2,2-5H3,(H,42,43)/t21?,23?,24-,26?,27?,28?,29?,30?,31?/m1/s1. The smallest absolute Gasteiger partial charge is 0.308 e. The van der Waals surface area contributed by atoms with Gasteiger partial charge < -0.3 is 25.0 Å². The third-order valence-corrected chi connectivity index (χ3v) is 13.2. The molecule has 2 aliphatic heterocycles. The molecule has 2 saturated heterocycles. The van der Waals surface area contributed by atoms with Crippen molar-refractivity contribution in [2.45, 2.75) is 119 Å². The Hall–Kier alpha value is -1.20. The minimum Gasteiger partial charge on any atom is -0.481 e. The van der Waals surface area contributed by atoms with Gasteiger partial charge >= 0.3 is 5.97 Å². The van der Waals surface area contributed by atoms with Crippen molar-refractivity contribution in [2.24, 2.45) is 23.7 Å². The molecule has 2 N–H and O–H groups in total. The Bertz CT molecular complexity index is 1150. The number of amides is 1. The summed E-state index contributed by atoms with van der Waals surface area (Å²) in [5.74, 6) is -2.45. The van der Waals surface area contributed by atoms with Crippen LogP contribution in [-0.4, -0.2) is 100 Å². The lowest BCUT2D eigenvalue weighted by atomic mass is 9.70. The molecule has 0 aromatic heterocycles. The molecular weight excluding hydrogens is 620 g/mol. The fourth-order valence-electron chi connectivity index (χ4n) is 8.70. The zero-order valence-electron chi connectivity index (χ0n) is 27.3. The Balaban J connectivity index is 1.20. The van der Waals surface area contributed by atoms with E-state index in [1.807, 2.05) is 20.9 Å². The van der Waals surface area contributed by atoms with Crippen molar-refractivity contribution < 1.29 is 28.2 Å². The van der Waals surface area contributed by atoms with Crippen LogP contribution in [-0.2, 0) is 14.3 Å². The molecule has 11 heteroatoms. The highest BCUT2D eigenvalue weighted by Gasteiger charge is 2.52. The first-order chi connectivity index (χ1) is 21.2. The van der Waals surface area contributed by atoms with E-state index >= 15 is 0 Å². The van der Waals surface area contributed by atoms with Gasteiger partial charge in [0.1, 0.15) is 0 Å². The van der Waals surface area contributed by atoms with E-state index in [2.05, 4.69) is 23.7 Å². The molecule has 254 valence electrons. The van der Waals surface area contributed by atoms with E-state index in [1.54, 1.807) is 16.7 Å². The molecule has 2 saturated carbocycles.